The molecule has 3 heterocycles. The van der Waals surface area contributed by atoms with Crippen molar-refractivity contribution < 1.29 is 26.4 Å². The second kappa shape index (κ2) is 17.0. The number of amidine groups is 1. The molecule has 0 radical (unpaired) electrons. The van der Waals surface area contributed by atoms with Gasteiger partial charge in [-0.1, -0.05) is 73.9 Å². The van der Waals surface area contributed by atoms with Crippen LogP contribution in [0.3, 0.4) is 0 Å². The van der Waals surface area contributed by atoms with Gasteiger partial charge < -0.3 is 5.32 Å². The lowest BCUT2D eigenvalue weighted by molar-refractivity contribution is -0.128. The first-order valence-corrected chi connectivity index (χ1v) is 22.5. The lowest BCUT2D eigenvalue weighted by atomic mass is 9.87. The van der Waals surface area contributed by atoms with E-state index in [1.807, 2.05) is 0 Å². The number of carbonyl (C=O) groups excluding carboxylic acids is 2. The molecule has 2 aromatic rings. The summed E-state index contributed by atoms with van der Waals surface area (Å²) in [6.45, 7) is 8.55. The molecule has 1 spiro atoms. The van der Waals surface area contributed by atoms with Gasteiger partial charge in [0.1, 0.15) is 11.4 Å². The lowest BCUT2D eigenvalue weighted by Gasteiger charge is -2.34. The predicted octanol–water partition coefficient (Wildman–Crippen LogP) is 6.41. The monoisotopic (exact) mass is 818 g/mol. The summed E-state index contributed by atoms with van der Waals surface area (Å²) in [5.74, 6) is 1.02. The zero-order valence-corrected chi connectivity index (χ0v) is 33.5. The van der Waals surface area contributed by atoms with Gasteiger partial charge in [0.2, 0.25) is 26.0 Å². The van der Waals surface area contributed by atoms with Crippen LogP contribution in [0.25, 0.3) is 4.85 Å². The maximum Gasteiger partial charge on any atom is 0.309 e. The molecule has 54 heavy (non-hydrogen) atoms. The minimum atomic E-state index is -3.66. The number of amides is 2. The number of aliphatic imine (C=N–C) groups is 1. The van der Waals surface area contributed by atoms with Crippen LogP contribution in [0.1, 0.15) is 89.9 Å². The molecule has 4 fully saturated rings. The Balaban J connectivity index is 0.000000184. The summed E-state index contributed by atoms with van der Waals surface area (Å²) in [5, 5.41) is 6.69. The van der Waals surface area contributed by atoms with Crippen molar-refractivity contribution in [2.24, 2.45) is 16.8 Å². The van der Waals surface area contributed by atoms with Gasteiger partial charge >= 0.3 is 5.66 Å². The number of benzene rings is 2. The van der Waals surface area contributed by atoms with Gasteiger partial charge in [-0.05, 0) is 74.9 Å². The minimum Gasteiger partial charge on any atom is -0.312 e. The van der Waals surface area contributed by atoms with E-state index >= 15 is 0 Å². The van der Waals surface area contributed by atoms with Gasteiger partial charge in [0.25, 0.3) is 5.91 Å². The van der Waals surface area contributed by atoms with Crippen LogP contribution in [0.2, 0.25) is 10.0 Å². The molecule has 0 aromatic heterocycles. The smallest absolute Gasteiger partial charge is 0.309 e. The quantitative estimate of drug-likeness (QED) is 0.309. The molecular formula is C38H48Cl2N6O6S2. The van der Waals surface area contributed by atoms with Crippen molar-refractivity contribution in [2.45, 2.75) is 111 Å². The first-order chi connectivity index (χ1) is 25.8. The number of nitrogens with zero attached hydrogens (tertiary/aromatic N) is 4. The van der Waals surface area contributed by atoms with Gasteiger partial charge in [0.15, 0.2) is 0 Å². The zero-order chi connectivity index (χ0) is 38.6. The predicted molar refractivity (Wildman–Crippen MR) is 208 cm³/mol. The van der Waals surface area contributed by atoms with Gasteiger partial charge in [0, 0.05) is 48.1 Å². The third kappa shape index (κ3) is 8.98. The number of sulfonamides is 2. The molecular weight excluding hydrogens is 771 g/mol. The summed E-state index contributed by atoms with van der Waals surface area (Å²) in [5.41, 5.74) is -1.80. The molecule has 292 valence electrons. The molecule has 2 aromatic carbocycles. The van der Waals surface area contributed by atoms with Crippen LogP contribution in [0.5, 0.6) is 0 Å². The van der Waals surface area contributed by atoms with Gasteiger partial charge in [-0.25, -0.2) is 23.4 Å². The van der Waals surface area contributed by atoms with Crippen LogP contribution in [0.4, 0.5) is 0 Å². The van der Waals surface area contributed by atoms with Crippen molar-refractivity contribution in [3.05, 3.63) is 70.0 Å². The van der Waals surface area contributed by atoms with E-state index in [0.29, 0.717) is 28.8 Å². The van der Waals surface area contributed by atoms with Crippen LogP contribution in [-0.2, 0) is 29.6 Å². The Morgan fingerprint density at radius 3 is 1.74 bits per heavy atom. The van der Waals surface area contributed by atoms with E-state index in [2.05, 4.69) is 15.5 Å². The second-order valence-corrected chi connectivity index (χ2v) is 19.8. The fourth-order valence-electron chi connectivity index (χ4n) is 8.16. The summed E-state index contributed by atoms with van der Waals surface area (Å²) < 4.78 is 54.2. The van der Waals surface area contributed by atoms with Gasteiger partial charge in [-0.2, -0.15) is 8.61 Å². The van der Waals surface area contributed by atoms with Crippen molar-refractivity contribution >= 4 is 60.9 Å². The van der Waals surface area contributed by atoms with Crippen LogP contribution in [0, 0.1) is 18.4 Å². The molecule has 2 amide bonds. The molecule has 7 rings (SSSR count). The van der Waals surface area contributed by atoms with Crippen molar-refractivity contribution in [3.63, 3.8) is 0 Å². The molecule has 5 aliphatic rings. The molecule has 0 atom stereocenters. The van der Waals surface area contributed by atoms with Gasteiger partial charge in [0.05, 0.1) is 22.6 Å². The maximum atomic E-state index is 12.9. The Morgan fingerprint density at radius 2 is 1.26 bits per heavy atom. The highest BCUT2D eigenvalue weighted by molar-refractivity contribution is 7.89. The van der Waals surface area contributed by atoms with Gasteiger partial charge in [-0.3, -0.25) is 24.7 Å². The van der Waals surface area contributed by atoms with Crippen LogP contribution in [-0.4, -0.2) is 80.5 Å². The van der Waals surface area contributed by atoms with E-state index in [1.54, 1.807) is 30.3 Å². The molecule has 2 N–H and O–H groups in total. The largest absolute Gasteiger partial charge is 0.312 e. The third-order valence-corrected chi connectivity index (χ3v) is 15.8. The number of hydrogen-bond acceptors (Lipinski definition) is 7. The normalized spacial score (nSPS) is 22.7. The molecule has 12 nitrogen and oxygen atoms in total. The lowest BCUT2D eigenvalue weighted by Crippen LogP contribution is -2.55. The molecule has 2 aliphatic carbocycles. The van der Waals surface area contributed by atoms with Crippen LogP contribution < -0.4 is 10.6 Å². The Kier molecular flexibility index (Phi) is 12.8. The first-order valence-electron chi connectivity index (χ1n) is 18.9. The van der Waals surface area contributed by atoms with Crippen molar-refractivity contribution in [2.75, 3.05) is 26.2 Å². The van der Waals surface area contributed by atoms with E-state index in [0.717, 1.165) is 50.8 Å². The summed E-state index contributed by atoms with van der Waals surface area (Å²) >= 11 is 11.9. The van der Waals surface area contributed by atoms with Crippen molar-refractivity contribution in [3.8, 4) is 0 Å². The minimum absolute atomic E-state index is 0.0226. The van der Waals surface area contributed by atoms with Crippen LogP contribution in [0.15, 0.2) is 63.3 Å². The van der Waals surface area contributed by atoms with Gasteiger partial charge in [-0.15, -0.1) is 0 Å². The van der Waals surface area contributed by atoms with E-state index < -0.39 is 31.2 Å². The number of nitrogens with one attached hydrogen (secondary N) is 2. The molecule has 16 heteroatoms. The Hall–Kier alpha value is -3.06. The zero-order valence-electron chi connectivity index (χ0n) is 30.3. The topological polar surface area (TPSA) is 150 Å². The standard InChI is InChI=1S/2C19H24ClN3O3S/c20-15-7-4-8-16(13-15)27(25,26)23-11-9-19(10-12-23)18(24)21-17(22-19)14-5-2-1-3-6-14;1-21-19(22-18(24)15-6-3-2-4-7-15)10-12-23(13-11-19)27(25,26)17-9-5-8-16(20)14-17/h4,7-8,13-14H,1-3,5-6,9-12H2,(H,21,22,24);5,8-9,14-15H,2-4,6-7,10-13H2,(H,22,24). The number of carbonyl (C=O) groups is 2. The molecule has 3 aliphatic heterocycles. The molecule has 0 bridgehead atoms. The Labute approximate surface area is 329 Å². The number of hydrogen-bond donors (Lipinski definition) is 2. The summed E-state index contributed by atoms with van der Waals surface area (Å²) in [4.78, 5) is 34.1. The number of rotatable bonds is 7. The molecule has 2 saturated carbocycles. The average molecular weight is 820 g/mol. The van der Waals surface area contributed by atoms with E-state index in [4.69, 9.17) is 34.8 Å². The third-order valence-electron chi connectivity index (χ3n) is 11.5. The fourth-order valence-corrected chi connectivity index (χ4v) is 11.6. The fraction of sp³-hybridized carbons (Fsp3) is 0.579. The maximum absolute atomic E-state index is 12.9. The summed E-state index contributed by atoms with van der Waals surface area (Å²) in [6.07, 6.45) is 12.2. The van der Waals surface area contributed by atoms with Crippen molar-refractivity contribution in [1.29, 1.82) is 0 Å². The number of halogens is 2. The van der Waals surface area contributed by atoms with E-state index in [9.17, 15) is 26.4 Å². The second-order valence-electron chi connectivity index (χ2n) is 15.0. The molecule has 0 unspecified atom stereocenters. The highest BCUT2D eigenvalue weighted by atomic mass is 35.5. The average Bonchev–Trinajstić information content (AvgIpc) is 3.50. The Morgan fingerprint density at radius 1 is 0.778 bits per heavy atom. The van der Waals surface area contributed by atoms with Crippen molar-refractivity contribution in [1.82, 2.24) is 19.2 Å². The Bertz CT molecular complexity index is 1990. The van der Waals surface area contributed by atoms with E-state index in [1.165, 1.54) is 46.1 Å². The SMILES string of the molecule is O=C1NC(C2CCCCC2)=NC12CCN(S(=O)(=O)c1cccc(Cl)c1)CC2.[C-]#[N+]C1(NC(=O)C2CCCCC2)CCN(S(=O)(=O)c2cccc(Cl)c2)CC1. The van der Waals surface area contributed by atoms with Crippen LogP contribution >= 0.6 is 23.2 Å². The first kappa shape index (κ1) is 40.6. The molecule has 2 saturated heterocycles. The highest BCUT2D eigenvalue weighted by Crippen LogP contribution is 2.36. The number of piperidine rings is 2. The summed E-state index contributed by atoms with van der Waals surface area (Å²) in [6, 6.07) is 12.5. The van der Waals surface area contributed by atoms with E-state index in [-0.39, 0.29) is 66.5 Å². The highest BCUT2D eigenvalue weighted by Gasteiger charge is 2.49. The summed E-state index contributed by atoms with van der Waals surface area (Å²) in [7, 11) is -7.27.